The number of carbonyl (C=O) groups is 2. The second-order valence-electron chi connectivity index (χ2n) is 3.24. The SMILES string of the molecule is COCCc1c(C(=O)OC)nnn1CC(N)=O. The summed E-state index contributed by atoms with van der Waals surface area (Å²) in [6.07, 6.45) is 0.390. The van der Waals surface area contributed by atoms with Crippen LogP contribution in [0.2, 0.25) is 0 Å². The molecule has 1 heterocycles. The molecule has 0 saturated carbocycles. The summed E-state index contributed by atoms with van der Waals surface area (Å²) in [6.45, 7) is 0.235. The lowest BCUT2D eigenvalue weighted by atomic mass is 10.2. The third-order valence-electron chi connectivity index (χ3n) is 2.06. The Hall–Kier alpha value is -1.96. The Balaban J connectivity index is 3.00. The molecule has 0 aliphatic carbocycles. The molecule has 0 spiro atoms. The summed E-state index contributed by atoms with van der Waals surface area (Å²) in [5.41, 5.74) is 5.61. The van der Waals surface area contributed by atoms with Crippen LogP contribution in [0.4, 0.5) is 0 Å². The van der Waals surface area contributed by atoms with Crippen molar-refractivity contribution in [3.8, 4) is 0 Å². The van der Waals surface area contributed by atoms with Crippen LogP contribution in [0.3, 0.4) is 0 Å². The first-order valence-electron chi connectivity index (χ1n) is 4.88. The van der Waals surface area contributed by atoms with Crippen molar-refractivity contribution < 1.29 is 19.1 Å². The van der Waals surface area contributed by atoms with Gasteiger partial charge in [-0.25, -0.2) is 9.48 Å². The van der Waals surface area contributed by atoms with Crippen molar-refractivity contribution in [2.24, 2.45) is 5.73 Å². The Morgan fingerprint density at radius 3 is 2.65 bits per heavy atom. The zero-order valence-electron chi connectivity index (χ0n) is 9.67. The molecule has 0 bridgehead atoms. The standard InChI is InChI=1S/C9H14N4O4/c1-16-4-3-6-8(9(15)17-2)11-12-13(6)5-7(10)14/h3-5H2,1-2H3,(H2,10,14). The maximum Gasteiger partial charge on any atom is 0.360 e. The minimum Gasteiger partial charge on any atom is -0.464 e. The zero-order chi connectivity index (χ0) is 12.8. The van der Waals surface area contributed by atoms with E-state index in [0.717, 1.165) is 0 Å². The van der Waals surface area contributed by atoms with Crippen LogP contribution < -0.4 is 5.73 Å². The predicted molar refractivity (Wildman–Crippen MR) is 56.1 cm³/mol. The molecule has 94 valence electrons. The van der Waals surface area contributed by atoms with Gasteiger partial charge in [-0.3, -0.25) is 4.79 Å². The normalized spacial score (nSPS) is 10.2. The number of rotatable bonds is 6. The van der Waals surface area contributed by atoms with Gasteiger partial charge in [0.15, 0.2) is 5.69 Å². The predicted octanol–water partition coefficient (Wildman–Crippen LogP) is -1.26. The molecule has 8 nitrogen and oxygen atoms in total. The number of nitrogens with two attached hydrogens (primary N) is 1. The first-order chi connectivity index (χ1) is 8.10. The Morgan fingerprint density at radius 2 is 2.12 bits per heavy atom. The molecule has 0 aliphatic heterocycles. The van der Waals surface area contributed by atoms with Crippen molar-refractivity contribution in [2.75, 3.05) is 20.8 Å². The fourth-order valence-corrected chi connectivity index (χ4v) is 1.31. The van der Waals surface area contributed by atoms with E-state index >= 15 is 0 Å². The van der Waals surface area contributed by atoms with Gasteiger partial charge in [0, 0.05) is 13.5 Å². The van der Waals surface area contributed by atoms with E-state index in [4.69, 9.17) is 10.5 Å². The number of primary amides is 1. The third-order valence-corrected chi connectivity index (χ3v) is 2.06. The lowest BCUT2D eigenvalue weighted by Crippen LogP contribution is -2.22. The van der Waals surface area contributed by atoms with Crippen LogP contribution >= 0.6 is 0 Å². The van der Waals surface area contributed by atoms with Crippen LogP contribution in [0.25, 0.3) is 0 Å². The van der Waals surface area contributed by atoms with Crippen LogP contribution in [0, 0.1) is 0 Å². The van der Waals surface area contributed by atoms with Gasteiger partial charge in [0.25, 0.3) is 0 Å². The number of esters is 1. The molecule has 0 aliphatic rings. The van der Waals surface area contributed by atoms with E-state index in [2.05, 4.69) is 15.0 Å². The third kappa shape index (κ3) is 3.25. The molecule has 0 unspecified atom stereocenters. The fraction of sp³-hybridized carbons (Fsp3) is 0.556. The fourth-order valence-electron chi connectivity index (χ4n) is 1.31. The van der Waals surface area contributed by atoms with E-state index in [1.807, 2.05) is 0 Å². The van der Waals surface area contributed by atoms with E-state index in [0.29, 0.717) is 18.7 Å². The average molecular weight is 242 g/mol. The Kier molecular flexibility index (Phi) is 4.58. The molecule has 17 heavy (non-hydrogen) atoms. The van der Waals surface area contributed by atoms with Gasteiger partial charge < -0.3 is 15.2 Å². The molecular weight excluding hydrogens is 228 g/mol. The molecule has 2 N–H and O–H groups in total. The van der Waals surface area contributed by atoms with Crippen molar-refractivity contribution in [2.45, 2.75) is 13.0 Å². The molecule has 1 aromatic heterocycles. The molecule has 0 fully saturated rings. The monoisotopic (exact) mass is 242 g/mol. The van der Waals surface area contributed by atoms with Crippen molar-refractivity contribution in [3.05, 3.63) is 11.4 Å². The van der Waals surface area contributed by atoms with Crippen molar-refractivity contribution in [3.63, 3.8) is 0 Å². The van der Waals surface area contributed by atoms with Crippen LogP contribution in [0.5, 0.6) is 0 Å². The molecule has 1 rings (SSSR count). The summed E-state index contributed by atoms with van der Waals surface area (Å²) >= 11 is 0. The molecule has 8 heteroatoms. The smallest absolute Gasteiger partial charge is 0.360 e. The van der Waals surface area contributed by atoms with Crippen molar-refractivity contribution in [1.29, 1.82) is 0 Å². The molecular formula is C9H14N4O4. The minimum absolute atomic E-state index is 0.0748. The van der Waals surface area contributed by atoms with Crippen molar-refractivity contribution in [1.82, 2.24) is 15.0 Å². The Morgan fingerprint density at radius 1 is 1.41 bits per heavy atom. The quantitative estimate of drug-likeness (QED) is 0.623. The highest BCUT2D eigenvalue weighted by atomic mass is 16.5. The van der Waals surface area contributed by atoms with Gasteiger partial charge in [-0.15, -0.1) is 5.10 Å². The maximum absolute atomic E-state index is 11.4. The van der Waals surface area contributed by atoms with Crippen LogP contribution in [-0.2, 0) is 27.2 Å². The molecule has 1 amide bonds. The highest BCUT2D eigenvalue weighted by Gasteiger charge is 2.20. The van der Waals surface area contributed by atoms with Gasteiger partial charge in [0.05, 0.1) is 19.4 Å². The molecule has 0 saturated heterocycles. The highest BCUT2D eigenvalue weighted by Crippen LogP contribution is 2.08. The number of nitrogens with zero attached hydrogens (tertiary/aromatic N) is 3. The molecule has 0 aromatic carbocycles. The van der Waals surface area contributed by atoms with Crippen molar-refractivity contribution >= 4 is 11.9 Å². The van der Waals surface area contributed by atoms with E-state index in [9.17, 15) is 9.59 Å². The van der Waals surface area contributed by atoms with Gasteiger partial charge >= 0.3 is 5.97 Å². The first-order valence-corrected chi connectivity index (χ1v) is 4.88. The summed E-state index contributed by atoms with van der Waals surface area (Å²) in [5.74, 6) is -1.17. The number of carbonyl (C=O) groups excluding carboxylic acids is 2. The summed E-state index contributed by atoms with van der Waals surface area (Å²) in [7, 11) is 2.77. The van der Waals surface area contributed by atoms with Crippen LogP contribution in [0.1, 0.15) is 16.2 Å². The number of methoxy groups -OCH3 is 2. The van der Waals surface area contributed by atoms with Gasteiger partial charge in [0.2, 0.25) is 5.91 Å². The summed E-state index contributed by atoms with van der Waals surface area (Å²) < 4.78 is 10.7. The Bertz CT molecular complexity index is 415. The maximum atomic E-state index is 11.4. The minimum atomic E-state index is -0.605. The van der Waals surface area contributed by atoms with Gasteiger partial charge in [-0.05, 0) is 0 Å². The van der Waals surface area contributed by atoms with E-state index in [1.54, 1.807) is 0 Å². The summed E-state index contributed by atoms with van der Waals surface area (Å²) in [4.78, 5) is 22.2. The number of ether oxygens (including phenoxy) is 2. The molecule has 0 atom stereocenters. The van der Waals surface area contributed by atoms with Crippen LogP contribution in [-0.4, -0.2) is 47.7 Å². The lowest BCUT2D eigenvalue weighted by Gasteiger charge is -2.05. The first kappa shape index (κ1) is 13.1. The molecule has 1 aromatic rings. The number of aromatic nitrogens is 3. The number of hydrogen-bond acceptors (Lipinski definition) is 6. The number of amides is 1. The summed E-state index contributed by atoms with van der Waals surface area (Å²) in [5, 5.41) is 7.36. The number of hydrogen-bond donors (Lipinski definition) is 1. The largest absolute Gasteiger partial charge is 0.464 e. The van der Waals surface area contributed by atoms with E-state index < -0.39 is 11.9 Å². The van der Waals surface area contributed by atoms with E-state index in [-0.39, 0.29) is 12.2 Å². The lowest BCUT2D eigenvalue weighted by molar-refractivity contribution is -0.118. The second-order valence-corrected chi connectivity index (χ2v) is 3.24. The van der Waals surface area contributed by atoms with Crippen LogP contribution in [0.15, 0.2) is 0 Å². The second kappa shape index (κ2) is 5.94. The van der Waals surface area contributed by atoms with Gasteiger partial charge in [-0.2, -0.15) is 0 Å². The topological polar surface area (TPSA) is 109 Å². The summed E-state index contributed by atoms with van der Waals surface area (Å²) in [6, 6.07) is 0. The molecule has 0 radical (unpaired) electrons. The Labute approximate surface area is 97.7 Å². The van der Waals surface area contributed by atoms with Gasteiger partial charge in [-0.1, -0.05) is 5.21 Å². The zero-order valence-corrected chi connectivity index (χ0v) is 9.67. The highest BCUT2D eigenvalue weighted by molar-refractivity contribution is 5.88. The van der Waals surface area contributed by atoms with Gasteiger partial charge in [0.1, 0.15) is 6.54 Å². The average Bonchev–Trinajstić information content (AvgIpc) is 2.67. The van der Waals surface area contributed by atoms with E-state index in [1.165, 1.54) is 18.9 Å².